The number of amides is 1. The Kier molecular flexibility index (Phi) is 5.98. The molecular formula is C25H23NO6. The summed E-state index contributed by atoms with van der Waals surface area (Å²) in [5.74, 6) is -1.01. The minimum Gasteiger partial charge on any atom is -0.508 e. The number of fused-ring (bicyclic) bond motifs is 3. The van der Waals surface area contributed by atoms with Crippen LogP contribution in [0, 0.1) is 0 Å². The van der Waals surface area contributed by atoms with E-state index in [2.05, 4.69) is 5.32 Å². The van der Waals surface area contributed by atoms with Crippen LogP contribution in [0.15, 0.2) is 66.7 Å². The van der Waals surface area contributed by atoms with Crippen molar-refractivity contribution in [2.75, 3.05) is 13.7 Å². The second-order valence-corrected chi connectivity index (χ2v) is 7.56. The van der Waals surface area contributed by atoms with Crippen molar-refractivity contribution in [3.05, 3.63) is 83.4 Å². The number of phenolic OH excluding ortho intramolecular Hbond substituents is 1. The van der Waals surface area contributed by atoms with Crippen molar-refractivity contribution in [3.63, 3.8) is 0 Å². The molecule has 1 aliphatic rings. The molecule has 164 valence electrons. The Bertz CT molecular complexity index is 1110. The van der Waals surface area contributed by atoms with Crippen molar-refractivity contribution in [2.24, 2.45) is 0 Å². The number of methoxy groups -OCH3 is 1. The molecule has 32 heavy (non-hydrogen) atoms. The van der Waals surface area contributed by atoms with Gasteiger partial charge < -0.3 is 25.0 Å². The third-order valence-corrected chi connectivity index (χ3v) is 5.65. The monoisotopic (exact) mass is 433 g/mol. The Labute approximate surface area is 185 Å². The van der Waals surface area contributed by atoms with Crippen LogP contribution in [0.2, 0.25) is 0 Å². The third kappa shape index (κ3) is 4.23. The van der Waals surface area contributed by atoms with Crippen LogP contribution in [0.1, 0.15) is 22.6 Å². The van der Waals surface area contributed by atoms with Gasteiger partial charge in [0.2, 0.25) is 0 Å². The highest BCUT2D eigenvalue weighted by atomic mass is 16.5. The summed E-state index contributed by atoms with van der Waals surface area (Å²) < 4.78 is 10.5. The zero-order chi connectivity index (χ0) is 22.7. The Hall–Kier alpha value is -4.00. The lowest BCUT2D eigenvalue weighted by molar-refractivity contribution is -0.139. The van der Waals surface area contributed by atoms with Crippen molar-refractivity contribution >= 4 is 12.1 Å². The number of rotatable bonds is 7. The Morgan fingerprint density at radius 2 is 1.62 bits per heavy atom. The fourth-order valence-corrected chi connectivity index (χ4v) is 4.05. The molecule has 1 aliphatic carbocycles. The first-order valence-corrected chi connectivity index (χ1v) is 10.2. The van der Waals surface area contributed by atoms with Gasteiger partial charge in [0.25, 0.3) is 0 Å². The van der Waals surface area contributed by atoms with Crippen LogP contribution in [0.25, 0.3) is 11.1 Å². The van der Waals surface area contributed by atoms with Crippen LogP contribution >= 0.6 is 0 Å². The van der Waals surface area contributed by atoms with E-state index in [0.717, 1.165) is 22.3 Å². The van der Waals surface area contributed by atoms with Crippen LogP contribution in [0.5, 0.6) is 11.5 Å². The van der Waals surface area contributed by atoms with E-state index in [1.165, 1.54) is 13.2 Å². The van der Waals surface area contributed by atoms with Gasteiger partial charge in [-0.1, -0.05) is 54.6 Å². The SMILES string of the molecule is COc1ccc(C[C@H](NC(=O)OCC2c3ccccc3-c3ccccc32)C(=O)O)c(O)c1. The third-order valence-electron chi connectivity index (χ3n) is 5.65. The Morgan fingerprint density at radius 1 is 1.00 bits per heavy atom. The van der Waals surface area contributed by atoms with Crippen LogP contribution in [-0.2, 0) is 16.0 Å². The molecule has 0 fully saturated rings. The number of hydrogen-bond donors (Lipinski definition) is 3. The summed E-state index contributed by atoms with van der Waals surface area (Å²) in [5, 5.41) is 22.0. The summed E-state index contributed by atoms with van der Waals surface area (Å²) >= 11 is 0. The van der Waals surface area contributed by atoms with Gasteiger partial charge >= 0.3 is 12.1 Å². The number of nitrogens with one attached hydrogen (secondary N) is 1. The van der Waals surface area contributed by atoms with E-state index in [0.29, 0.717) is 11.3 Å². The number of benzene rings is 3. The first-order chi connectivity index (χ1) is 15.5. The molecule has 4 rings (SSSR count). The van der Waals surface area contributed by atoms with Crippen molar-refractivity contribution in [3.8, 4) is 22.6 Å². The highest BCUT2D eigenvalue weighted by Crippen LogP contribution is 2.44. The molecule has 0 aromatic heterocycles. The molecule has 3 aromatic rings. The second-order valence-electron chi connectivity index (χ2n) is 7.56. The maximum Gasteiger partial charge on any atom is 0.407 e. The van der Waals surface area contributed by atoms with Crippen LogP contribution in [-0.4, -0.2) is 42.0 Å². The fourth-order valence-electron chi connectivity index (χ4n) is 4.05. The molecule has 0 bridgehead atoms. The number of carboxylic acids is 1. The molecule has 0 spiro atoms. The Balaban J connectivity index is 1.43. The number of carbonyl (C=O) groups is 2. The number of carbonyl (C=O) groups excluding carboxylic acids is 1. The zero-order valence-corrected chi connectivity index (χ0v) is 17.4. The normalized spacial score (nSPS) is 13.0. The highest BCUT2D eigenvalue weighted by molar-refractivity contribution is 5.81. The van der Waals surface area contributed by atoms with Gasteiger partial charge in [-0.2, -0.15) is 0 Å². The van der Waals surface area contributed by atoms with Gasteiger partial charge in [0.1, 0.15) is 24.1 Å². The molecule has 0 unspecified atom stereocenters. The number of carboxylic acid groups (broad SMARTS) is 1. The van der Waals surface area contributed by atoms with E-state index < -0.39 is 18.1 Å². The quantitative estimate of drug-likeness (QED) is 0.521. The van der Waals surface area contributed by atoms with Crippen molar-refractivity contribution in [2.45, 2.75) is 18.4 Å². The van der Waals surface area contributed by atoms with Gasteiger partial charge in [-0.3, -0.25) is 0 Å². The molecule has 0 saturated heterocycles. The van der Waals surface area contributed by atoms with Crippen LogP contribution < -0.4 is 10.1 Å². The molecular weight excluding hydrogens is 410 g/mol. The van der Waals surface area contributed by atoms with Gasteiger partial charge in [-0.25, -0.2) is 9.59 Å². The van der Waals surface area contributed by atoms with Gasteiger partial charge in [-0.05, 0) is 33.9 Å². The molecule has 3 N–H and O–H groups in total. The summed E-state index contributed by atoms with van der Waals surface area (Å²) in [6.45, 7) is 0.0833. The van der Waals surface area contributed by atoms with Gasteiger partial charge in [0.15, 0.2) is 0 Å². The maximum atomic E-state index is 12.4. The molecule has 0 heterocycles. The number of hydrogen-bond acceptors (Lipinski definition) is 5. The van der Waals surface area contributed by atoms with Gasteiger partial charge in [0.05, 0.1) is 7.11 Å². The van der Waals surface area contributed by atoms with E-state index in [1.807, 2.05) is 48.5 Å². The maximum absolute atomic E-state index is 12.4. The summed E-state index contributed by atoms with van der Waals surface area (Å²) in [4.78, 5) is 24.1. The average molecular weight is 433 g/mol. The van der Waals surface area contributed by atoms with E-state index >= 15 is 0 Å². The van der Waals surface area contributed by atoms with E-state index in [9.17, 15) is 19.8 Å². The molecule has 0 saturated carbocycles. The summed E-state index contributed by atoms with van der Waals surface area (Å²) in [7, 11) is 1.47. The first-order valence-electron chi connectivity index (χ1n) is 10.2. The predicted octanol–water partition coefficient (Wildman–Crippen LogP) is 3.94. The lowest BCUT2D eigenvalue weighted by Gasteiger charge is -2.18. The lowest BCUT2D eigenvalue weighted by Crippen LogP contribution is -2.42. The van der Waals surface area contributed by atoms with Crippen molar-refractivity contribution in [1.29, 1.82) is 0 Å². The number of aromatic hydroxyl groups is 1. The molecule has 0 radical (unpaired) electrons. The molecule has 7 nitrogen and oxygen atoms in total. The van der Waals surface area contributed by atoms with Crippen LogP contribution in [0.3, 0.4) is 0 Å². The summed E-state index contributed by atoms with van der Waals surface area (Å²) in [6, 6.07) is 19.2. The smallest absolute Gasteiger partial charge is 0.407 e. The predicted molar refractivity (Wildman–Crippen MR) is 118 cm³/mol. The molecule has 3 aromatic carbocycles. The first kappa shape index (κ1) is 21.2. The average Bonchev–Trinajstić information content (AvgIpc) is 3.12. The minimum atomic E-state index is -1.26. The fraction of sp³-hybridized carbons (Fsp3) is 0.200. The topological polar surface area (TPSA) is 105 Å². The molecule has 0 aliphatic heterocycles. The molecule has 1 atom stereocenters. The minimum absolute atomic E-state index is 0.0833. The molecule has 1 amide bonds. The van der Waals surface area contributed by atoms with E-state index in [1.54, 1.807) is 12.1 Å². The Morgan fingerprint density at radius 3 is 2.19 bits per heavy atom. The zero-order valence-electron chi connectivity index (χ0n) is 17.4. The lowest BCUT2D eigenvalue weighted by atomic mass is 9.98. The van der Waals surface area contributed by atoms with Gasteiger partial charge in [-0.15, -0.1) is 0 Å². The van der Waals surface area contributed by atoms with Crippen molar-refractivity contribution in [1.82, 2.24) is 5.32 Å². The number of alkyl carbamates (subject to hydrolysis) is 1. The number of phenols is 1. The largest absolute Gasteiger partial charge is 0.508 e. The van der Waals surface area contributed by atoms with Crippen molar-refractivity contribution < 1.29 is 29.3 Å². The summed E-state index contributed by atoms with van der Waals surface area (Å²) in [5.41, 5.74) is 4.72. The molecule has 7 heteroatoms. The highest BCUT2D eigenvalue weighted by Gasteiger charge is 2.30. The van der Waals surface area contributed by atoms with Gasteiger partial charge in [0, 0.05) is 18.4 Å². The van der Waals surface area contributed by atoms with E-state index in [4.69, 9.17) is 9.47 Å². The standard InChI is InChI=1S/C25H23NO6/c1-31-16-11-10-15(23(27)13-16)12-22(24(28)29)26-25(30)32-14-21-19-8-4-2-6-17(19)18-7-3-5-9-20(18)21/h2-11,13,21-22,27H,12,14H2,1H3,(H,26,30)(H,28,29)/t22-/m0/s1. The number of ether oxygens (including phenoxy) is 2. The van der Waals surface area contributed by atoms with E-state index in [-0.39, 0.29) is 24.7 Å². The van der Waals surface area contributed by atoms with Crippen LogP contribution in [0.4, 0.5) is 4.79 Å². The second kappa shape index (κ2) is 9.01. The number of aliphatic carboxylic acids is 1. The summed E-state index contributed by atoms with van der Waals surface area (Å²) in [6.07, 6.45) is -0.928.